The van der Waals surface area contributed by atoms with E-state index in [0.717, 1.165) is 17.7 Å². The van der Waals surface area contributed by atoms with Crippen LogP contribution < -0.4 is 5.32 Å². The topological polar surface area (TPSA) is 49.3 Å². The van der Waals surface area contributed by atoms with Gasteiger partial charge in [0.2, 0.25) is 0 Å². The summed E-state index contributed by atoms with van der Waals surface area (Å²) in [5.74, 6) is -1.80. The largest absolute Gasteiger partial charge is 0.465 e. The lowest BCUT2D eigenvalue weighted by Crippen LogP contribution is -2.07. The van der Waals surface area contributed by atoms with Crippen molar-refractivity contribution >= 4 is 22.4 Å². The number of carbonyl (C=O) groups is 1. The van der Waals surface area contributed by atoms with Gasteiger partial charge in [0.05, 0.1) is 0 Å². The Kier molecular flexibility index (Phi) is 3.57. The molecule has 2 aromatic rings. The highest BCUT2D eigenvalue weighted by molar-refractivity contribution is 7.14. The first-order valence-corrected chi connectivity index (χ1v) is 5.94. The van der Waals surface area contributed by atoms with Crippen molar-refractivity contribution in [2.75, 3.05) is 5.32 Å². The van der Waals surface area contributed by atoms with Crippen molar-refractivity contribution in [2.45, 2.75) is 6.42 Å². The molecule has 0 aliphatic heterocycles. The molecule has 2 rings (SSSR count). The summed E-state index contributed by atoms with van der Waals surface area (Å²) in [6.07, 6.45) is -0.806. The first kappa shape index (κ1) is 12.5. The summed E-state index contributed by atoms with van der Waals surface area (Å²) in [7, 11) is 0. The fourth-order valence-corrected chi connectivity index (χ4v) is 2.36. The number of rotatable bonds is 3. The highest BCUT2D eigenvalue weighted by atomic mass is 32.1. The number of carboxylic acid groups (broad SMARTS) is 1. The molecular weight excluding hydrogens is 260 g/mol. The van der Waals surface area contributed by atoms with E-state index in [1.807, 2.05) is 0 Å². The minimum atomic E-state index is -1.15. The average molecular weight is 269 g/mol. The van der Waals surface area contributed by atoms with E-state index in [4.69, 9.17) is 5.11 Å². The Morgan fingerprint density at radius 2 is 2.06 bits per heavy atom. The summed E-state index contributed by atoms with van der Waals surface area (Å²) >= 11 is 1.24. The third-order valence-corrected chi connectivity index (χ3v) is 3.22. The van der Waals surface area contributed by atoms with Gasteiger partial charge < -0.3 is 5.11 Å². The van der Waals surface area contributed by atoms with Crippen molar-refractivity contribution in [1.82, 2.24) is 0 Å². The molecule has 0 fully saturated rings. The van der Waals surface area contributed by atoms with Gasteiger partial charge in [-0.2, -0.15) is 0 Å². The first-order chi connectivity index (χ1) is 8.56. The summed E-state index contributed by atoms with van der Waals surface area (Å²) < 4.78 is 25.8. The predicted octanol–water partition coefficient (Wildman–Crippen LogP) is 3.71. The zero-order chi connectivity index (χ0) is 13.1. The second-order valence-electron chi connectivity index (χ2n) is 3.63. The van der Waals surface area contributed by atoms with E-state index in [2.05, 4.69) is 5.32 Å². The fourth-order valence-electron chi connectivity index (χ4n) is 1.55. The molecule has 1 aromatic heterocycles. The number of nitrogens with one attached hydrogen (secondary N) is 1. The fraction of sp³-hybridized carbons (Fsp3) is 0.0833. The van der Waals surface area contributed by atoms with Crippen LogP contribution in [0.4, 0.5) is 18.6 Å². The van der Waals surface area contributed by atoms with Crippen LogP contribution in [0.25, 0.3) is 0 Å². The average Bonchev–Trinajstić information content (AvgIpc) is 2.70. The molecule has 1 aromatic carbocycles. The van der Waals surface area contributed by atoms with Crippen LogP contribution in [0.3, 0.4) is 0 Å². The standard InChI is InChI=1S/C12H9F2NO2S/c13-9-2-1-7(6-10(9)14)5-8-3-4-18-11(8)15-12(16)17/h1-4,6,15H,5H2,(H,16,17). The number of hydrogen-bond acceptors (Lipinski definition) is 2. The van der Waals surface area contributed by atoms with Gasteiger partial charge in [0.15, 0.2) is 11.6 Å². The van der Waals surface area contributed by atoms with Crippen LogP contribution in [0.5, 0.6) is 0 Å². The Hall–Kier alpha value is -1.95. The molecule has 0 saturated heterocycles. The Morgan fingerprint density at radius 3 is 2.72 bits per heavy atom. The lowest BCUT2D eigenvalue weighted by molar-refractivity contribution is 0.210. The molecule has 1 amide bonds. The monoisotopic (exact) mass is 269 g/mol. The van der Waals surface area contributed by atoms with Crippen LogP contribution in [0, 0.1) is 11.6 Å². The number of thiophene rings is 1. The maximum Gasteiger partial charge on any atom is 0.409 e. The molecule has 0 radical (unpaired) electrons. The molecule has 3 nitrogen and oxygen atoms in total. The summed E-state index contributed by atoms with van der Waals surface area (Å²) in [5, 5.41) is 13.1. The molecule has 2 N–H and O–H groups in total. The summed E-state index contributed by atoms with van der Waals surface area (Å²) in [4.78, 5) is 10.6. The van der Waals surface area contributed by atoms with E-state index in [1.54, 1.807) is 11.4 Å². The maximum absolute atomic E-state index is 13.0. The molecule has 0 bridgehead atoms. The maximum atomic E-state index is 13.0. The van der Waals surface area contributed by atoms with Crippen molar-refractivity contribution in [1.29, 1.82) is 0 Å². The lowest BCUT2D eigenvalue weighted by Gasteiger charge is -2.04. The minimum absolute atomic E-state index is 0.344. The minimum Gasteiger partial charge on any atom is -0.465 e. The van der Waals surface area contributed by atoms with E-state index >= 15 is 0 Å². The smallest absolute Gasteiger partial charge is 0.409 e. The van der Waals surface area contributed by atoms with Gasteiger partial charge in [-0.15, -0.1) is 11.3 Å². The molecule has 94 valence electrons. The second-order valence-corrected chi connectivity index (χ2v) is 4.55. The number of halogens is 2. The Balaban J connectivity index is 2.20. The van der Waals surface area contributed by atoms with Crippen LogP contribution in [0.1, 0.15) is 11.1 Å². The van der Waals surface area contributed by atoms with Crippen LogP contribution in [0.2, 0.25) is 0 Å². The van der Waals surface area contributed by atoms with E-state index in [-0.39, 0.29) is 0 Å². The summed E-state index contributed by atoms with van der Waals surface area (Å²) in [5.41, 5.74) is 1.31. The second kappa shape index (κ2) is 5.14. The summed E-state index contributed by atoms with van der Waals surface area (Å²) in [6.45, 7) is 0. The molecule has 18 heavy (non-hydrogen) atoms. The molecule has 0 spiro atoms. The normalized spacial score (nSPS) is 10.3. The molecule has 0 aliphatic carbocycles. The molecule has 0 saturated carbocycles. The zero-order valence-electron chi connectivity index (χ0n) is 9.11. The highest BCUT2D eigenvalue weighted by Crippen LogP contribution is 2.26. The highest BCUT2D eigenvalue weighted by Gasteiger charge is 2.09. The van der Waals surface area contributed by atoms with Crippen LogP contribution in [0.15, 0.2) is 29.6 Å². The van der Waals surface area contributed by atoms with Gasteiger partial charge >= 0.3 is 6.09 Å². The Labute approximate surface area is 106 Å². The van der Waals surface area contributed by atoms with E-state index in [1.165, 1.54) is 17.4 Å². The Morgan fingerprint density at radius 1 is 1.28 bits per heavy atom. The van der Waals surface area contributed by atoms with Gasteiger partial charge in [-0.3, -0.25) is 5.32 Å². The first-order valence-electron chi connectivity index (χ1n) is 5.06. The molecule has 1 heterocycles. The van der Waals surface area contributed by atoms with Gasteiger partial charge in [0.1, 0.15) is 5.00 Å². The zero-order valence-corrected chi connectivity index (χ0v) is 9.93. The quantitative estimate of drug-likeness (QED) is 0.892. The number of anilines is 1. The SMILES string of the molecule is O=C(O)Nc1sccc1Cc1ccc(F)c(F)c1. The third-order valence-electron chi connectivity index (χ3n) is 2.35. The number of hydrogen-bond donors (Lipinski definition) is 2. The van der Waals surface area contributed by atoms with E-state index in [0.29, 0.717) is 17.0 Å². The van der Waals surface area contributed by atoms with E-state index in [9.17, 15) is 13.6 Å². The number of amides is 1. The van der Waals surface area contributed by atoms with Gasteiger partial charge in [0, 0.05) is 6.42 Å². The predicted molar refractivity (Wildman–Crippen MR) is 65.1 cm³/mol. The van der Waals surface area contributed by atoms with E-state index < -0.39 is 17.7 Å². The lowest BCUT2D eigenvalue weighted by atomic mass is 10.1. The van der Waals surface area contributed by atoms with Crippen molar-refractivity contribution in [3.63, 3.8) is 0 Å². The van der Waals surface area contributed by atoms with Crippen LogP contribution >= 0.6 is 11.3 Å². The third kappa shape index (κ3) is 2.84. The molecule has 0 unspecified atom stereocenters. The summed E-state index contributed by atoms with van der Waals surface area (Å²) in [6, 6.07) is 5.39. The van der Waals surface area contributed by atoms with Crippen molar-refractivity contribution in [3.8, 4) is 0 Å². The molecule has 6 heteroatoms. The molecular formula is C12H9F2NO2S. The van der Waals surface area contributed by atoms with Gasteiger partial charge in [-0.05, 0) is 34.7 Å². The van der Waals surface area contributed by atoms with Crippen LogP contribution in [-0.2, 0) is 6.42 Å². The molecule has 0 atom stereocenters. The van der Waals surface area contributed by atoms with Gasteiger partial charge in [-0.1, -0.05) is 6.07 Å². The number of benzene rings is 1. The van der Waals surface area contributed by atoms with Gasteiger partial charge in [0.25, 0.3) is 0 Å². The molecule has 0 aliphatic rings. The van der Waals surface area contributed by atoms with Crippen molar-refractivity contribution < 1.29 is 18.7 Å². The Bertz CT molecular complexity index is 583. The van der Waals surface area contributed by atoms with Crippen molar-refractivity contribution in [3.05, 3.63) is 52.4 Å². The van der Waals surface area contributed by atoms with Gasteiger partial charge in [-0.25, -0.2) is 13.6 Å². The van der Waals surface area contributed by atoms with Crippen LogP contribution in [-0.4, -0.2) is 11.2 Å². The van der Waals surface area contributed by atoms with Crippen molar-refractivity contribution in [2.24, 2.45) is 0 Å².